The van der Waals surface area contributed by atoms with Gasteiger partial charge in [0.05, 0.1) is 21.3 Å². The van der Waals surface area contributed by atoms with Crippen molar-refractivity contribution in [2.24, 2.45) is 7.05 Å². The molecule has 1 heterocycles. The molecule has 0 atom stereocenters. The molecule has 8 heteroatoms. The Morgan fingerprint density at radius 1 is 1.39 bits per heavy atom. The SMILES string of the molecule is C=Cc1c(C)nn(C)c1Oc1cc(OCC(=O)O)c(Cl)cc1Cl. The van der Waals surface area contributed by atoms with Gasteiger partial charge in [-0.3, -0.25) is 0 Å². The van der Waals surface area contributed by atoms with Gasteiger partial charge in [-0.15, -0.1) is 0 Å². The number of ether oxygens (including phenoxy) is 2. The van der Waals surface area contributed by atoms with E-state index in [0.717, 1.165) is 11.3 Å². The predicted octanol–water partition coefficient (Wildman–Crippen LogP) is 3.93. The number of aliphatic carboxylic acids is 1. The van der Waals surface area contributed by atoms with Crippen molar-refractivity contribution in [1.82, 2.24) is 9.78 Å². The Balaban J connectivity index is 2.38. The lowest BCUT2D eigenvalue weighted by Crippen LogP contribution is -2.09. The van der Waals surface area contributed by atoms with Crippen LogP contribution in [-0.2, 0) is 11.8 Å². The highest BCUT2D eigenvalue weighted by Crippen LogP contribution is 2.39. The first kappa shape index (κ1) is 17.2. The summed E-state index contributed by atoms with van der Waals surface area (Å²) in [7, 11) is 1.72. The normalized spacial score (nSPS) is 10.4. The third-order valence-electron chi connectivity index (χ3n) is 2.96. The van der Waals surface area contributed by atoms with Crippen LogP contribution in [0.2, 0.25) is 10.0 Å². The number of aryl methyl sites for hydroxylation is 2. The Morgan fingerprint density at radius 2 is 2.04 bits per heavy atom. The first-order valence-electron chi connectivity index (χ1n) is 6.51. The monoisotopic (exact) mass is 356 g/mol. The lowest BCUT2D eigenvalue weighted by Gasteiger charge is -2.12. The van der Waals surface area contributed by atoms with E-state index in [2.05, 4.69) is 11.7 Å². The minimum Gasteiger partial charge on any atom is -0.480 e. The van der Waals surface area contributed by atoms with Crippen molar-refractivity contribution in [1.29, 1.82) is 0 Å². The summed E-state index contributed by atoms with van der Waals surface area (Å²) < 4.78 is 12.5. The zero-order chi connectivity index (χ0) is 17.1. The van der Waals surface area contributed by atoms with Gasteiger partial charge in [-0.2, -0.15) is 5.10 Å². The van der Waals surface area contributed by atoms with Crippen LogP contribution in [0.15, 0.2) is 18.7 Å². The molecule has 0 aliphatic rings. The number of nitrogens with zero attached hydrogens (tertiary/aromatic N) is 2. The van der Waals surface area contributed by atoms with Crippen molar-refractivity contribution in [3.8, 4) is 17.4 Å². The van der Waals surface area contributed by atoms with Gasteiger partial charge in [-0.1, -0.05) is 35.9 Å². The second kappa shape index (κ2) is 6.93. The van der Waals surface area contributed by atoms with Gasteiger partial charge in [0, 0.05) is 13.1 Å². The third kappa shape index (κ3) is 3.78. The van der Waals surface area contributed by atoms with E-state index in [0.29, 0.717) is 5.88 Å². The highest BCUT2D eigenvalue weighted by molar-refractivity contribution is 6.36. The minimum atomic E-state index is -1.12. The van der Waals surface area contributed by atoms with E-state index in [4.69, 9.17) is 37.8 Å². The van der Waals surface area contributed by atoms with Crippen LogP contribution < -0.4 is 9.47 Å². The maximum absolute atomic E-state index is 10.6. The maximum Gasteiger partial charge on any atom is 0.341 e. The average molecular weight is 357 g/mol. The first-order chi connectivity index (χ1) is 10.8. The number of carboxylic acids is 1. The van der Waals surface area contributed by atoms with Crippen molar-refractivity contribution >= 4 is 35.2 Å². The van der Waals surface area contributed by atoms with Crippen LogP contribution in [0, 0.1) is 6.92 Å². The standard InChI is InChI=1S/C15H14Cl2N2O4/c1-4-9-8(2)18-19(3)15(9)23-13-6-12(22-7-14(20)21)10(16)5-11(13)17/h4-6H,1,7H2,2-3H3,(H,20,21). The Labute approximate surface area is 142 Å². The first-order valence-corrected chi connectivity index (χ1v) is 7.26. The fourth-order valence-electron chi connectivity index (χ4n) is 1.95. The average Bonchev–Trinajstić information content (AvgIpc) is 2.73. The Hall–Kier alpha value is -2.18. The fraction of sp³-hybridized carbons (Fsp3) is 0.200. The van der Waals surface area contributed by atoms with Crippen LogP contribution >= 0.6 is 23.2 Å². The number of benzene rings is 1. The fourth-order valence-corrected chi connectivity index (χ4v) is 2.43. The van der Waals surface area contributed by atoms with Gasteiger partial charge in [0.2, 0.25) is 5.88 Å². The third-order valence-corrected chi connectivity index (χ3v) is 3.55. The molecule has 0 fully saturated rings. The summed E-state index contributed by atoms with van der Waals surface area (Å²) >= 11 is 12.1. The lowest BCUT2D eigenvalue weighted by molar-refractivity contribution is -0.139. The van der Waals surface area contributed by atoms with Gasteiger partial charge < -0.3 is 14.6 Å². The van der Waals surface area contributed by atoms with Crippen LogP contribution in [0.4, 0.5) is 0 Å². The van der Waals surface area contributed by atoms with Crippen LogP contribution in [0.5, 0.6) is 17.4 Å². The lowest BCUT2D eigenvalue weighted by atomic mass is 10.2. The summed E-state index contributed by atoms with van der Waals surface area (Å²) in [5.41, 5.74) is 1.48. The molecule has 1 aromatic heterocycles. The van der Waals surface area contributed by atoms with E-state index < -0.39 is 12.6 Å². The number of hydrogen-bond donors (Lipinski definition) is 1. The molecular formula is C15H14Cl2N2O4. The molecule has 1 aromatic carbocycles. The highest BCUT2D eigenvalue weighted by atomic mass is 35.5. The van der Waals surface area contributed by atoms with Crippen LogP contribution in [-0.4, -0.2) is 27.5 Å². The van der Waals surface area contributed by atoms with Crippen molar-refractivity contribution in [2.45, 2.75) is 6.92 Å². The Morgan fingerprint density at radius 3 is 2.65 bits per heavy atom. The largest absolute Gasteiger partial charge is 0.480 e. The summed E-state index contributed by atoms with van der Waals surface area (Å²) in [6, 6.07) is 2.86. The topological polar surface area (TPSA) is 73.6 Å². The molecule has 0 aliphatic carbocycles. The number of carboxylic acid groups (broad SMARTS) is 1. The highest BCUT2D eigenvalue weighted by Gasteiger charge is 2.17. The molecule has 2 aromatic rings. The molecule has 122 valence electrons. The second-order valence-electron chi connectivity index (χ2n) is 4.63. The molecule has 0 amide bonds. The Kier molecular flexibility index (Phi) is 5.18. The molecule has 0 spiro atoms. The van der Waals surface area contributed by atoms with Crippen molar-refractivity contribution in [3.05, 3.63) is 40.0 Å². The van der Waals surface area contributed by atoms with E-state index in [1.807, 2.05) is 6.92 Å². The van der Waals surface area contributed by atoms with Crippen molar-refractivity contribution < 1.29 is 19.4 Å². The second-order valence-corrected chi connectivity index (χ2v) is 5.44. The van der Waals surface area contributed by atoms with E-state index in [1.165, 1.54) is 12.1 Å². The number of rotatable bonds is 6. The molecule has 0 saturated carbocycles. The molecule has 2 rings (SSSR count). The summed E-state index contributed by atoms with van der Waals surface area (Å²) in [6.07, 6.45) is 1.63. The van der Waals surface area contributed by atoms with Crippen molar-refractivity contribution in [2.75, 3.05) is 6.61 Å². The maximum atomic E-state index is 10.6. The summed E-state index contributed by atoms with van der Waals surface area (Å²) in [4.78, 5) is 10.6. The quantitative estimate of drug-likeness (QED) is 0.848. The molecule has 0 radical (unpaired) electrons. The molecule has 23 heavy (non-hydrogen) atoms. The van der Waals surface area contributed by atoms with Gasteiger partial charge in [0.15, 0.2) is 12.4 Å². The number of hydrogen-bond acceptors (Lipinski definition) is 4. The van der Waals surface area contributed by atoms with Gasteiger partial charge >= 0.3 is 5.97 Å². The van der Waals surface area contributed by atoms with Crippen molar-refractivity contribution in [3.63, 3.8) is 0 Å². The molecule has 0 unspecified atom stereocenters. The van der Waals surface area contributed by atoms with Crippen LogP contribution in [0.25, 0.3) is 6.08 Å². The number of carbonyl (C=O) groups is 1. The zero-order valence-electron chi connectivity index (χ0n) is 12.5. The van der Waals surface area contributed by atoms with Gasteiger partial charge in [-0.25, -0.2) is 9.48 Å². The van der Waals surface area contributed by atoms with E-state index >= 15 is 0 Å². The van der Waals surface area contributed by atoms with Gasteiger partial charge in [0.1, 0.15) is 5.75 Å². The molecular weight excluding hydrogens is 343 g/mol. The molecule has 0 aliphatic heterocycles. The minimum absolute atomic E-state index is 0.160. The number of aromatic nitrogens is 2. The van der Waals surface area contributed by atoms with Gasteiger partial charge in [-0.05, 0) is 13.0 Å². The van der Waals surface area contributed by atoms with E-state index in [9.17, 15) is 4.79 Å². The van der Waals surface area contributed by atoms with Crippen LogP contribution in [0.1, 0.15) is 11.3 Å². The van der Waals surface area contributed by atoms with E-state index in [-0.39, 0.29) is 21.5 Å². The van der Waals surface area contributed by atoms with Gasteiger partial charge in [0.25, 0.3) is 0 Å². The Bertz CT molecular complexity index is 771. The summed E-state index contributed by atoms with van der Waals surface area (Å²) in [6.45, 7) is 5.04. The molecule has 6 nitrogen and oxygen atoms in total. The summed E-state index contributed by atoms with van der Waals surface area (Å²) in [5.74, 6) is -0.240. The van der Waals surface area contributed by atoms with E-state index in [1.54, 1.807) is 17.8 Å². The molecule has 0 bridgehead atoms. The van der Waals surface area contributed by atoms with Crippen LogP contribution in [0.3, 0.4) is 0 Å². The zero-order valence-corrected chi connectivity index (χ0v) is 14.0. The summed E-state index contributed by atoms with van der Waals surface area (Å²) in [5, 5.41) is 13.4. The smallest absolute Gasteiger partial charge is 0.341 e. The predicted molar refractivity (Wildman–Crippen MR) is 87.7 cm³/mol. The molecule has 1 N–H and O–H groups in total. The number of halogens is 2. The molecule has 0 saturated heterocycles.